The third-order valence-corrected chi connectivity index (χ3v) is 11.5. The Morgan fingerprint density at radius 3 is 1.41 bits per heavy atom. The minimum Gasteiger partial charge on any atom is -0.481 e. The van der Waals surface area contributed by atoms with Crippen LogP contribution in [0.4, 0.5) is 54.6 Å². The summed E-state index contributed by atoms with van der Waals surface area (Å²) in [5.41, 5.74) is 20.7. The van der Waals surface area contributed by atoms with Crippen LogP contribution >= 0.6 is 0 Å². The maximum atomic E-state index is 13.7. The molecule has 4 aromatic heterocycles. The topological polar surface area (TPSA) is 308 Å². The molecule has 0 fully saturated rings. The van der Waals surface area contributed by atoms with Crippen molar-refractivity contribution in [2.75, 3.05) is 17.2 Å². The van der Waals surface area contributed by atoms with Crippen LogP contribution in [-0.4, -0.2) is 77.1 Å². The van der Waals surface area contributed by atoms with Crippen molar-refractivity contribution in [3.8, 4) is 0 Å². The van der Waals surface area contributed by atoms with Crippen LogP contribution in [0.25, 0.3) is 21.8 Å². The second kappa shape index (κ2) is 26.9. The molecule has 0 spiro atoms. The SMILES string of the molecule is CC(C)(C)OC(=O)N[C@@H](Cc1cn(C(=O)OC(C)(C)C)c2ccccc12)C(=O)Cc1ccc(N=Nc2ccccc2)c(N)n1.C[C@@H](Cc1cn(C(=O)OC(C)(C)C)c2ccccc12)C(=O)O.Nc1ccc(N=Nc2ccccc2)c(N)n1. The van der Waals surface area contributed by atoms with Gasteiger partial charge in [0.05, 0.1) is 46.5 Å². The average Bonchev–Trinajstić information content (AvgIpc) is 4.22. The molecule has 0 aliphatic carbocycles. The number of hydrogen-bond acceptors (Lipinski definition) is 17. The number of para-hydroxylation sites is 2. The van der Waals surface area contributed by atoms with Crippen molar-refractivity contribution in [3.05, 3.63) is 163 Å². The Hall–Kier alpha value is -9.79. The van der Waals surface area contributed by atoms with Crippen molar-refractivity contribution in [2.45, 2.75) is 111 Å². The van der Waals surface area contributed by atoms with Crippen molar-refractivity contribution in [1.29, 1.82) is 0 Å². The first-order chi connectivity index (χ1) is 38.6. The number of alkyl carbamates (subject to hydrolysis) is 1. The Kier molecular flexibility index (Phi) is 20.2. The number of aromatic nitrogens is 4. The number of carboxylic acids is 1. The van der Waals surface area contributed by atoms with Crippen LogP contribution in [0, 0.1) is 5.92 Å². The summed E-state index contributed by atoms with van der Waals surface area (Å²) < 4.78 is 19.3. The number of Topliss-reactive ketones (excluding diaryl/α,β-unsaturated/α-hetero) is 1. The molecule has 8 aromatic rings. The molecule has 82 heavy (non-hydrogen) atoms. The number of pyridine rings is 2. The predicted octanol–water partition coefficient (Wildman–Crippen LogP) is 13.4. The van der Waals surface area contributed by atoms with E-state index in [0.29, 0.717) is 46.1 Å². The van der Waals surface area contributed by atoms with Crippen molar-refractivity contribution < 1.29 is 43.3 Å². The summed E-state index contributed by atoms with van der Waals surface area (Å²) in [6.07, 6.45) is 1.90. The van der Waals surface area contributed by atoms with E-state index in [1.165, 1.54) is 9.13 Å². The third-order valence-electron chi connectivity index (χ3n) is 11.5. The Morgan fingerprint density at radius 1 is 0.549 bits per heavy atom. The van der Waals surface area contributed by atoms with E-state index in [9.17, 15) is 24.0 Å². The summed E-state index contributed by atoms with van der Waals surface area (Å²) in [6, 6.07) is 38.9. The summed E-state index contributed by atoms with van der Waals surface area (Å²) >= 11 is 0. The smallest absolute Gasteiger partial charge is 0.419 e. The number of aliphatic carboxylic acids is 1. The highest BCUT2D eigenvalue weighted by atomic mass is 16.6. The number of ether oxygens (including phenoxy) is 3. The number of rotatable bonds is 13. The highest BCUT2D eigenvalue weighted by Gasteiger charge is 2.29. The Morgan fingerprint density at radius 2 is 0.976 bits per heavy atom. The number of carbonyl (C=O) groups excluding carboxylic acids is 4. The average molecular weight is 1120 g/mol. The fraction of sp³-hybridized carbons (Fsp3) is 0.295. The number of benzene rings is 4. The molecule has 0 bridgehead atoms. The minimum absolute atomic E-state index is 0.0905. The van der Waals surface area contributed by atoms with Crippen LogP contribution in [0.5, 0.6) is 0 Å². The van der Waals surface area contributed by atoms with Crippen LogP contribution in [-0.2, 0) is 43.1 Å². The van der Waals surface area contributed by atoms with Crippen LogP contribution in [0.3, 0.4) is 0 Å². The first-order valence-electron chi connectivity index (χ1n) is 26.2. The number of carbonyl (C=O) groups is 5. The van der Waals surface area contributed by atoms with Crippen molar-refractivity contribution >= 4 is 92.0 Å². The quantitative estimate of drug-likeness (QED) is 0.0530. The standard InChI is InChI=1S/C33H38N6O5.C17H21NO4.C11H11N5/c1-32(2,3)43-30(41)36-26(18-21-20-39(31(42)44-33(4,5)6)27-15-11-10-14-24(21)27)28(40)19-23-16-17-25(29(34)35-23)38-37-22-12-8-7-9-13-22;1-11(15(19)20)9-12-10-18(16(21)22-17(2,3)4)14-8-6-5-7-13(12)14;12-10-7-6-9(11(13)14-10)16-15-8-4-2-1-3-5-8/h7-17,20,26H,18-19H2,1-6H3,(H2,34,35)(H,36,41);5-8,10-11H,9H2,1-4H3,(H,19,20);1-7H,(H4,12,13,14)/t26-;11-;/m00./s1. The fourth-order valence-corrected chi connectivity index (χ4v) is 7.86. The number of nitrogens with one attached hydrogen (secondary N) is 1. The number of amides is 1. The lowest BCUT2D eigenvalue weighted by molar-refractivity contribution is -0.141. The lowest BCUT2D eigenvalue weighted by Gasteiger charge is -2.23. The van der Waals surface area contributed by atoms with Crippen molar-refractivity contribution in [3.63, 3.8) is 0 Å². The van der Waals surface area contributed by atoms with E-state index < -0.39 is 53.0 Å². The number of anilines is 3. The van der Waals surface area contributed by atoms with E-state index in [1.54, 1.807) is 91.2 Å². The monoisotopic (exact) mass is 1110 g/mol. The number of nitrogens with two attached hydrogens (primary N) is 3. The first kappa shape index (κ1) is 61.4. The van der Waals surface area contributed by atoms with Gasteiger partial charge in [-0.1, -0.05) is 79.7 Å². The molecule has 428 valence electrons. The largest absolute Gasteiger partial charge is 0.481 e. The normalized spacial score (nSPS) is 12.4. The molecule has 1 amide bonds. The minimum atomic E-state index is -0.997. The summed E-state index contributed by atoms with van der Waals surface area (Å²) in [6.45, 7) is 17.7. The van der Waals surface area contributed by atoms with Crippen LogP contribution in [0.15, 0.2) is 166 Å². The van der Waals surface area contributed by atoms with Gasteiger partial charge in [0.1, 0.15) is 34.0 Å². The van der Waals surface area contributed by atoms with E-state index in [2.05, 4.69) is 35.7 Å². The maximum Gasteiger partial charge on any atom is 0.419 e. The number of azo groups is 2. The first-order valence-corrected chi connectivity index (χ1v) is 26.2. The van der Waals surface area contributed by atoms with Gasteiger partial charge in [-0.3, -0.25) is 18.7 Å². The second-order valence-electron chi connectivity index (χ2n) is 22.0. The molecular formula is C61H70N12O9. The number of carboxylic acid groups (broad SMARTS) is 1. The molecule has 0 aliphatic rings. The van der Waals surface area contributed by atoms with E-state index in [1.807, 2.05) is 124 Å². The number of nitrogens with zero attached hydrogens (tertiary/aromatic N) is 8. The zero-order valence-electron chi connectivity index (χ0n) is 47.7. The van der Waals surface area contributed by atoms with Crippen LogP contribution < -0.4 is 22.5 Å². The zero-order chi connectivity index (χ0) is 59.9. The summed E-state index contributed by atoms with van der Waals surface area (Å²) in [4.78, 5) is 71.2. The number of nitrogen functional groups attached to an aromatic ring is 3. The lowest BCUT2D eigenvalue weighted by Crippen LogP contribution is -2.45. The number of hydrogen-bond donors (Lipinski definition) is 5. The Balaban J connectivity index is 0.000000233. The molecule has 4 heterocycles. The van der Waals surface area contributed by atoms with Crippen molar-refractivity contribution in [2.24, 2.45) is 26.4 Å². The van der Waals surface area contributed by atoms with Gasteiger partial charge in [-0.2, -0.15) is 10.2 Å². The molecule has 2 atom stereocenters. The molecule has 0 saturated heterocycles. The molecule has 0 unspecified atom stereocenters. The second-order valence-corrected chi connectivity index (χ2v) is 22.0. The molecular weight excluding hydrogens is 1040 g/mol. The molecule has 0 aliphatic heterocycles. The van der Waals surface area contributed by atoms with Crippen molar-refractivity contribution in [1.82, 2.24) is 24.4 Å². The predicted molar refractivity (Wildman–Crippen MR) is 316 cm³/mol. The summed E-state index contributed by atoms with van der Waals surface area (Å²) in [5.74, 6) is -0.926. The molecule has 4 aromatic carbocycles. The van der Waals surface area contributed by atoms with Gasteiger partial charge in [-0.05, 0) is 141 Å². The molecule has 8 N–H and O–H groups in total. The van der Waals surface area contributed by atoms with Gasteiger partial charge < -0.3 is 41.8 Å². The maximum absolute atomic E-state index is 13.7. The van der Waals surface area contributed by atoms with Crippen LogP contribution in [0.2, 0.25) is 0 Å². The van der Waals surface area contributed by atoms with Gasteiger partial charge >= 0.3 is 24.2 Å². The van der Waals surface area contributed by atoms with Gasteiger partial charge in [-0.25, -0.2) is 24.4 Å². The zero-order valence-corrected chi connectivity index (χ0v) is 47.7. The van der Waals surface area contributed by atoms with Gasteiger partial charge in [0.15, 0.2) is 17.4 Å². The number of ketones is 1. The van der Waals surface area contributed by atoms with E-state index in [0.717, 1.165) is 27.5 Å². The molecule has 21 nitrogen and oxygen atoms in total. The molecule has 0 saturated carbocycles. The Bertz CT molecular complexity index is 3590. The van der Waals surface area contributed by atoms with Crippen LogP contribution in [0.1, 0.15) is 86.1 Å². The molecule has 21 heteroatoms. The molecule has 0 radical (unpaired) electrons. The summed E-state index contributed by atoms with van der Waals surface area (Å²) in [5, 5.41) is 29.8. The van der Waals surface area contributed by atoms with E-state index in [4.69, 9.17) is 36.5 Å². The van der Waals surface area contributed by atoms with E-state index in [-0.39, 0.29) is 30.3 Å². The van der Waals surface area contributed by atoms with Gasteiger partial charge in [0.25, 0.3) is 0 Å². The van der Waals surface area contributed by atoms with E-state index >= 15 is 0 Å². The fourth-order valence-electron chi connectivity index (χ4n) is 7.86. The highest BCUT2D eigenvalue weighted by Crippen LogP contribution is 2.29. The third kappa shape index (κ3) is 18.4. The van der Waals surface area contributed by atoms with Gasteiger partial charge in [-0.15, -0.1) is 10.2 Å². The highest BCUT2D eigenvalue weighted by molar-refractivity contribution is 5.95. The Labute approximate surface area is 475 Å². The lowest BCUT2D eigenvalue weighted by atomic mass is 9.99. The molecule has 8 rings (SSSR count). The number of fused-ring (bicyclic) bond motifs is 2. The van der Waals surface area contributed by atoms with Gasteiger partial charge in [0, 0.05) is 29.6 Å². The summed E-state index contributed by atoms with van der Waals surface area (Å²) in [7, 11) is 0. The van der Waals surface area contributed by atoms with Gasteiger partial charge in [0.2, 0.25) is 0 Å².